The van der Waals surface area contributed by atoms with Crippen molar-refractivity contribution >= 4 is 0 Å². The van der Waals surface area contributed by atoms with Gasteiger partial charge in [0.2, 0.25) is 0 Å². The highest BCUT2D eigenvalue weighted by Crippen LogP contribution is 1.93. The van der Waals surface area contributed by atoms with Gasteiger partial charge in [0.05, 0.1) is 6.07 Å². The topological polar surface area (TPSA) is 51.1 Å². The molecule has 0 saturated carbocycles. The molecule has 0 atom stereocenters. The van der Waals surface area contributed by atoms with Crippen molar-refractivity contribution in [2.75, 3.05) is 46.3 Å². The molecule has 0 aliphatic heterocycles. The summed E-state index contributed by atoms with van der Waals surface area (Å²) < 4.78 is 0. The first-order chi connectivity index (χ1) is 7.85. The van der Waals surface area contributed by atoms with Crippen molar-refractivity contribution < 1.29 is 0 Å². The number of rotatable bonds is 11. The van der Waals surface area contributed by atoms with Crippen molar-refractivity contribution in [2.24, 2.45) is 0 Å². The molecule has 0 saturated heterocycles. The van der Waals surface area contributed by atoms with E-state index in [1.807, 2.05) is 7.05 Å². The summed E-state index contributed by atoms with van der Waals surface area (Å²) in [5, 5.41) is 14.9. The van der Waals surface area contributed by atoms with Gasteiger partial charge in [-0.2, -0.15) is 5.26 Å². The molecule has 0 spiro atoms. The molecular formula is C12H26N4. The summed E-state index contributed by atoms with van der Waals surface area (Å²) in [5.74, 6) is 0. The molecular weight excluding hydrogens is 200 g/mol. The number of nitriles is 1. The summed E-state index contributed by atoms with van der Waals surface area (Å²) in [6.45, 7) is 8.42. The lowest BCUT2D eigenvalue weighted by Gasteiger charge is -2.22. The summed E-state index contributed by atoms with van der Waals surface area (Å²) in [6, 6.07) is 2.14. The van der Waals surface area contributed by atoms with E-state index in [1.165, 1.54) is 19.4 Å². The summed E-state index contributed by atoms with van der Waals surface area (Å²) in [6.07, 6.45) is 3.12. The van der Waals surface area contributed by atoms with Gasteiger partial charge in [-0.1, -0.05) is 13.3 Å². The van der Waals surface area contributed by atoms with Crippen molar-refractivity contribution in [3.05, 3.63) is 0 Å². The molecule has 16 heavy (non-hydrogen) atoms. The Labute approximate surface area is 100 Å². The van der Waals surface area contributed by atoms with Crippen molar-refractivity contribution in [3.8, 4) is 6.07 Å². The SMILES string of the molecule is CCCCN(CCNC)CCNCCC#N. The lowest BCUT2D eigenvalue weighted by molar-refractivity contribution is 0.271. The van der Waals surface area contributed by atoms with Gasteiger partial charge in [-0.3, -0.25) is 0 Å². The predicted octanol–water partition coefficient (Wildman–Crippen LogP) is 0.811. The maximum absolute atomic E-state index is 8.40. The molecule has 4 nitrogen and oxygen atoms in total. The molecule has 0 bridgehead atoms. The molecule has 0 heterocycles. The van der Waals surface area contributed by atoms with E-state index in [0.29, 0.717) is 6.42 Å². The van der Waals surface area contributed by atoms with E-state index >= 15 is 0 Å². The van der Waals surface area contributed by atoms with Gasteiger partial charge < -0.3 is 15.5 Å². The van der Waals surface area contributed by atoms with E-state index in [4.69, 9.17) is 5.26 Å². The number of hydrogen-bond acceptors (Lipinski definition) is 4. The van der Waals surface area contributed by atoms with Crippen molar-refractivity contribution in [1.82, 2.24) is 15.5 Å². The average molecular weight is 226 g/mol. The van der Waals surface area contributed by atoms with Crippen LogP contribution in [0.25, 0.3) is 0 Å². The van der Waals surface area contributed by atoms with Gasteiger partial charge in [0.15, 0.2) is 0 Å². The van der Waals surface area contributed by atoms with Crippen molar-refractivity contribution in [2.45, 2.75) is 26.2 Å². The largest absolute Gasteiger partial charge is 0.318 e. The molecule has 4 heteroatoms. The van der Waals surface area contributed by atoms with Crippen LogP contribution in [-0.2, 0) is 0 Å². The summed E-state index contributed by atoms with van der Waals surface area (Å²) in [5.41, 5.74) is 0. The van der Waals surface area contributed by atoms with Gasteiger partial charge in [-0.05, 0) is 20.0 Å². The van der Waals surface area contributed by atoms with Crippen LogP contribution in [0, 0.1) is 11.3 Å². The smallest absolute Gasteiger partial charge is 0.0635 e. The average Bonchev–Trinajstić information content (AvgIpc) is 2.31. The van der Waals surface area contributed by atoms with Crippen LogP contribution in [-0.4, -0.2) is 51.2 Å². The second kappa shape index (κ2) is 12.4. The van der Waals surface area contributed by atoms with E-state index < -0.39 is 0 Å². The van der Waals surface area contributed by atoms with Crippen LogP contribution in [0.3, 0.4) is 0 Å². The number of likely N-dealkylation sites (N-methyl/N-ethyl adjacent to an activating group) is 1. The van der Waals surface area contributed by atoms with Crippen LogP contribution in [0.4, 0.5) is 0 Å². The molecule has 0 radical (unpaired) electrons. The molecule has 0 amide bonds. The standard InChI is InChI=1S/C12H26N4/c1-3-4-10-16(11-8-14-2)12-9-15-7-5-6-13/h14-15H,3-5,7-12H2,1-2H3. The maximum atomic E-state index is 8.40. The fraction of sp³-hybridized carbons (Fsp3) is 0.917. The zero-order chi connectivity index (χ0) is 12.1. The Balaban J connectivity index is 3.52. The third-order valence-corrected chi connectivity index (χ3v) is 2.52. The third-order valence-electron chi connectivity index (χ3n) is 2.52. The lowest BCUT2D eigenvalue weighted by Crippen LogP contribution is -2.37. The Morgan fingerprint density at radius 3 is 2.50 bits per heavy atom. The minimum Gasteiger partial charge on any atom is -0.318 e. The Bertz CT molecular complexity index is 168. The van der Waals surface area contributed by atoms with Crippen molar-refractivity contribution in [1.29, 1.82) is 5.26 Å². The van der Waals surface area contributed by atoms with Gasteiger partial charge in [0, 0.05) is 39.1 Å². The molecule has 2 N–H and O–H groups in total. The molecule has 0 rings (SSSR count). The second-order valence-electron chi connectivity index (χ2n) is 3.96. The molecule has 0 aromatic carbocycles. The van der Waals surface area contributed by atoms with Crippen LogP contribution >= 0.6 is 0 Å². The van der Waals surface area contributed by atoms with E-state index in [-0.39, 0.29) is 0 Å². The minimum atomic E-state index is 0.603. The maximum Gasteiger partial charge on any atom is 0.0635 e. The van der Waals surface area contributed by atoms with Gasteiger partial charge in [-0.25, -0.2) is 0 Å². The van der Waals surface area contributed by atoms with Gasteiger partial charge in [0.25, 0.3) is 0 Å². The van der Waals surface area contributed by atoms with Gasteiger partial charge in [0.1, 0.15) is 0 Å². The van der Waals surface area contributed by atoms with Crippen LogP contribution in [0.15, 0.2) is 0 Å². The van der Waals surface area contributed by atoms with E-state index in [0.717, 1.165) is 32.7 Å². The highest BCUT2D eigenvalue weighted by Gasteiger charge is 2.02. The Morgan fingerprint density at radius 2 is 1.88 bits per heavy atom. The summed E-state index contributed by atoms with van der Waals surface area (Å²) >= 11 is 0. The van der Waals surface area contributed by atoms with Crippen LogP contribution in [0.2, 0.25) is 0 Å². The normalized spacial score (nSPS) is 10.6. The van der Waals surface area contributed by atoms with E-state index in [2.05, 4.69) is 28.5 Å². The number of nitrogens with zero attached hydrogens (tertiary/aromatic N) is 2. The van der Waals surface area contributed by atoms with E-state index in [9.17, 15) is 0 Å². The lowest BCUT2D eigenvalue weighted by atomic mass is 10.3. The molecule has 94 valence electrons. The fourth-order valence-corrected chi connectivity index (χ4v) is 1.49. The molecule has 0 aliphatic carbocycles. The first kappa shape index (κ1) is 15.4. The second-order valence-corrected chi connectivity index (χ2v) is 3.96. The molecule has 0 aliphatic rings. The van der Waals surface area contributed by atoms with Gasteiger partial charge >= 0.3 is 0 Å². The molecule has 0 aromatic rings. The zero-order valence-corrected chi connectivity index (χ0v) is 10.8. The molecule has 0 unspecified atom stereocenters. The quantitative estimate of drug-likeness (QED) is 0.512. The molecule has 0 aromatic heterocycles. The van der Waals surface area contributed by atoms with Crippen LogP contribution in [0.1, 0.15) is 26.2 Å². The van der Waals surface area contributed by atoms with Crippen molar-refractivity contribution in [3.63, 3.8) is 0 Å². The van der Waals surface area contributed by atoms with Crippen LogP contribution < -0.4 is 10.6 Å². The number of hydrogen-bond donors (Lipinski definition) is 2. The van der Waals surface area contributed by atoms with E-state index in [1.54, 1.807) is 0 Å². The zero-order valence-electron chi connectivity index (χ0n) is 10.8. The first-order valence-electron chi connectivity index (χ1n) is 6.29. The Morgan fingerprint density at radius 1 is 1.12 bits per heavy atom. The highest BCUT2D eigenvalue weighted by molar-refractivity contribution is 4.70. The Hall–Kier alpha value is -0.630. The van der Waals surface area contributed by atoms with Gasteiger partial charge in [-0.15, -0.1) is 0 Å². The summed E-state index contributed by atoms with van der Waals surface area (Å²) in [4.78, 5) is 2.47. The monoisotopic (exact) mass is 226 g/mol. The fourth-order valence-electron chi connectivity index (χ4n) is 1.49. The Kier molecular flexibility index (Phi) is 11.9. The first-order valence-corrected chi connectivity index (χ1v) is 6.29. The minimum absolute atomic E-state index is 0.603. The molecule has 0 fully saturated rings. The van der Waals surface area contributed by atoms with Crippen LogP contribution in [0.5, 0.6) is 0 Å². The highest BCUT2D eigenvalue weighted by atomic mass is 15.1. The number of unbranched alkanes of at least 4 members (excludes halogenated alkanes) is 1. The summed E-state index contributed by atoms with van der Waals surface area (Å²) in [7, 11) is 1.99. The number of nitrogens with one attached hydrogen (secondary N) is 2. The predicted molar refractivity (Wildman–Crippen MR) is 68.4 cm³/mol. The third kappa shape index (κ3) is 9.91.